The average Bonchev–Trinajstić information content (AvgIpc) is 2.89. The molecule has 0 aromatic carbocycles. The fraction of sp³-hybridized carbons (Fsp3) is 0.556. The lowest BCUT2D eigenvalue weighted by Crippen LogP contribution is -2.29. The Morgan fingerprint density at radius 2 is 2.31 bits per heavy atom. The number of hydrogen-bond acceptors (Lipinski definition) is 4. The molecule has 1 aromatic heterocycles. The predicted molar refractivity (Wildman–Crippen MR) is 67.5 cm³/mol. The number of thiophene rings is 1. The zero-order valence-corrected chi connectivity index (χ0v) is 11.2. The Kier molecular flexibility index (Phi) is 4.75. The van der Waals surface area contributed by atoms with E-state index in [0.29, 0.717) is 29.8 Å². The van der Waals surface area contributed by atoms with Crippen LogP contribution in [0.3, 0.4) is 0 Å². The van der Waals surface area contributed by atoms with Crippen molar-refractivity contribution in [2.75, 3.05) is 19.6 Å². The number of nitrogens with two attached hydrogens (primary N) is 1. The Balaban J connectivity index is 0.00000128. The third-order valence-corrected chi connectivity index (χ3v) is 5.91. The van der Waals surface area contributed by atoms with Gasteiger partial charge in [0.05, 0.1) is 0 Å². The first-order valence-corrected chi connectivity index (χ1v) is 7.20. The summed E-state index contributed by atoms with van der Waals surface area (Å²) in [4.78, 5) is 0. The molecule has 1 aromatic rings. The minimum absolute atomic E-state index is 0. The van der Waals surface area contributed by atoms with E-state index in [9.17, 15) is 8.42 Å². The third kappa shape index (κ3) is 2.57. The largest absolute Gasteiger partial charge is 0.330 e. The maximum absolute atomic E-state index is 12.1. The van der Waals surface area contributed by atoms with E-state index in [1.165, 1.54) is 15.6 Å². The van der Waals surface area contributed by atoms with Crippen LogP contribution in [0.15, 0.2) is 21.7 Å². The van der Waals surface area contributed by atoms with Gasteiger partial charge in [0, 0.05) is 13.1 Å². The molecule has 1 atom stereocenters. The minimum atomic E-state index is -3.24. The maximum atomic E-state index is 12.1. The van der Waals surface area contributed by atoms with Crippen LogP contribution >= 0.6 is 23.7 Å². The lowest BCUT2D eigenvalue weighted by atomic mass is 10.1. The molecule has 1 aliphatic rings. The number of halogens is 1. The highest BCUT2D eigenvalue weighted by Crippen LogP contribution is 2.26. The number of nitrogens with zero attached hydrogens (tertiary/aromatic N) is 1. The van der Waals surface area contributed by atoms with Crippen molar-refractivity contribution in [3.05, 3.63) is 17.5 Å². The van der Waals surface area contributed by atoms with E-state index in [1.807, 2.05) is 0 Å². The van der Waals surface area contributed by atoms with Gasteiger partial charge in [0.2, 0.25) is 0 Å². The molecular weight excluding hydrogens is 268 g/mol. The molecule has 2 rings (SSSR count). The van der Waals surface area contributed by atoms with Gasteiger partial charge in [-0.05, 0) is 30.3 Å². The lowest BCUT2D eigenvalue weighted by Gasteiger charge is -2.14. The molecule has 0 amide bonds. The van der Waals surface area contributed by atoms with Crippen LogP contribution < -0.4 is 5.73 Å². The maximum Gasteiger partial charge on any atom is 0.252 e. The summed E-state index contributed by atoms with van der Waals surface area (Å²) in [7, 11) is -3.24. The molecule has 1 saturated heterocycles. The summed E-state index contributed by atoms with van der Waals surface area (Å²) in [6.45, 7) is 1.73. The molecule has 0 bridgehead atoms. The number of hydrogen-bond donors (Lipinski definition) is 1. The fourth-order valence-electron chi connectivity index (χ4n) is 1.75. The highest BCUT2D eigenvalue weighted by Gasteiger charge is 2.32. The van der Waals surface area contributed by atoms with Crippen LogP contribution in [0.5, 0.6) is 0 Å². The van der Waals surface area contributed by atoms with E-state index in [0.717, 1.165) is 6.42 Å². The zero-order chi connectivity index (χ0) is 10.9. The van der Waals surface area contributed by atoms with Crippen molar-refractivity contribution in [2.24, 2.45) is 11.7 Å². The second kappa shape index (κ2) is 5.46. The minimum Gasteiger partial charge on any atom is -0.330 e. The van der Waals surface area contributed by atoms with Crippen molar-refractivity contribution in [2.45, 2.75) is 10.6 Å². The van der Waals surface area contributed by atoms with E-state index < -0.39 is 10.0 Å². The lowest BCUT2D eigenvalue weighted by molar-refractivity contribution is 0.460. The Bertz CT molecular complexity index is 419. The molecule has 0 aliphatic carbocycles. The van der Waals surface area contributed by atoms with Gasteiger partial charge >= 0.3 is 0 Å². The van der Waals surface area contributed by atoms with Crippen LogP contribution in [0.25, 0.3) is 0 Å². The van der Waals surface area contributed by atoms with Crippen molar-refractivity contribution in [3.8, 4) is 0 Å². The SMILES string of the molecule is Cl.NCC1CCN(S(=O)(=O)c2cccs2)C1. The van der Waals surface area contributed by atoms with E-state index >= 15 is 0 Å². The first-order chi connectivity index (χ1) is 7.14. The summed E-state index contributed by atoms with van der Waals surface area (Å²) in [5, 5.41) is 1.78. The second-order valence-electron chi connectivity index (χ2n) is 3.69. The molecule has 7 heteroatoms. The van der Waals surface area contributed by atoms with Gasteiger partial charge in [-0.1, -0.05) is 6.07 Å². The van der Waals surface area contributed by atoms with Gasteiger partial charge in [0.25, 0.3) is 10.0 Å². The average molecular weight is 283 g/mol. The first kappa shape index (κ1) is 13.9. The van der Waals surface area contributed by atoms with Gasteiger partial charge < -0.3 is 5.73 Å². The second-order valence-corrected chi connectivity index (χ2v) is 6.80. The Morgan fingerprint density at radius 3 is 2.81 bits per heavy atom. The van der Waals surface area contributed by atoms with Crippen molar-refractivity contribution in [1.29, 1.82) is 0 Å². The standard InChI is InChI=1S/C9H14N2O2S2.ClH/c10-6-8-3-4-11(7-8)15(12,13)9-2-1-5-14-9;/h1-2,5,8H,3-4,6-7,10H2;1H. The first-order valence-electron chi connectivity index (χ1n) is 4.88. The van der Waals surface area contributed by atoms with Crippen LogP contribution in [0.1, 0.15) is 6.42 Å². The quantitative estimate of drug-likeness (QED) is 0.904. The van der Waals surface area contributed by atoms with Gasteiger partial charge in [0.15, 0.2) is 0 Å². The van der Waals surface area contributed by atoms with Crippen LogP contribution in [0.4, 0.5) is 0 Å². The normalized spacial score (nSPS) is 21.9. The van der Waals surface area contributed by atoms with E-state index in [1.54, 1.807) is 17.5 Å². The van der Waals surface area contributed by atoms with Crippen LogP contribution in [-0.2, 0) is 10.0 Å². The van der Waals surface area contributed by atoms with Crippen molar-refractivity contribution >= 4 is 33.8 Å². The zero-order valence-electron chi connectivity index (χ0n) is 8.70. The number of rotatable bonds is 3. The predicted octanol–water partition coefficient (Wildman–Crippen LogP) is 1.14. The fourth-order valence-corrected chi connectivity index (χ4v) is 4.42. The molecule has 0 spiro atoms. The Morgan fingerprint density at radius 1 is 1.56 bits per heavy atom. The molecule has 2 N–H and O–H groups in total. The van der Waals surface area contributed by atoms with E-state index in [4.69, 9.17) is 5.73 Å². The molecule has 2 heterocycles. The molecule has 4 nitrogen and oxygen atoms in total. The summed E-state index contributed by atoms with van der Waals surface area (Å²) >= 11 is 1.26. The van der Waals surface area contributed by atoms with Crippen molar-refractivity contribution in [1.82, 2.24) is 4.31 Å². The molecule has 0 saturated carbocycles. The summed E-state index contributed by atoms with van der Waals surface area (Å²) in [5.74, 6) is 0.319. The van der Waals surface area contributed by atoms with Crippen molar-refractivity contribution in [3.63, 3.8) is 0 Å². The summed E-state index contributed by atoms with van der Waals surface area (Å²) in [5.41, 5.74) is 5.54. The summed E-state index contributed by atoms with van der Waals surface area (Å²) in [6, 6.07) is 3.41. The molecule has 1 aliphatic heterocycles. The van der Waals surface area contributed by atoms with Gasteiger partial charge in [-0.15, -0.1) is 23.7 Å². The Labute approximate surface area is 106 Å². The van der Waals surface area contributed by atoms with Gasteiger partial charge in [-0.25, -0.2) is 8.42 Å². The van der Waals surface area contributed by atoms with Crippen LogP contribution in [-0.4, -0.2) is 32.4 Å². The Hall–Kier alpha value is -0.140. The molecular formula is C9H15ClN2O2S2. The number of sulfonamides is 1. The molecule has 16 heavy (non-hydrogen) atoms. The third-order valence-electron chi connectivity index (χ3n) is 2.67. The highest BCUT2D eigenvalue weighted by atomic mass is 35.5. The molecule has 92 valence electrons. The monoisotopic (exact) mass is 282 g/mol. The van der Waals surface area contributed by atoms with E-state index in [-0.39, 0.29) is 12.4 Å². The molecule has 0 radical (unpaired) electrons. The van der Waals surface area contributed by atoms with Gasteiger partial charge in [-0.3, -0.25) is 0 Å². The molecule has 1 unspecified atom stereocenters. The van der Waals surface area contributed by atoms with Gasteiger partial charge in [0.1, 0.15) is 4.21 Å². The highest BCUT2D eigenvalue weighted by molar-refractivity contribution is 7.91. The van der Waals surface area contributed by atoms with Gasteiger partial charge in [-0.2, -0.15) is 4.31 Å². The van der Waals surface area contributed by atoms with E-state index in [2.05, 4.69) is 0 Å². The van der Waals surface area contributed by atoms with Crippen LogP contribution in [0.2, 0.25) is 0 Å². The molecule has 1 fully saturated rings. The topological polar surface area (TPSA) is 63.4 Å². The summed E-state index contributed by atoms with van der Waals surface area (Å²) in [6.07, 6.45) is 0.876. The smallest absolute Gasteiger partial charge is 0.252 e. The van der Waals surface area contributed by atoms with Crippen LogP contribution in [0, 0.1) is 5.92 Å². The summed E-state index contributed by atoms with van der Waals surface area (Å²) < 4.78 is 26.1. The van der Waals surface area contributed by atoms with Crippen molar-refractivity contribution < 1.29 is 8.42 Å².